The van der Waals surface area contributed by atoms with Gasteiger partial charge < -0.3 is 5.11 Å². The Morgan fingerprint density at radius 1 is 1.14 bits per heavy atom. The number of allylic oxidation sites excluding steroid dienone is 1. The largest absolute Gasteiger partial charge is 0.389 e. The van der Waals surface area contributed by atoms with Gasteiger partial charge in [-0.15, -0.1) is 0 Å². The maximum Gasteiger partial charge on any atom is 0.0752 e. The molecule has 2 aliphatic rings. The van der Waals surface area contributed by atoms with Crippen LogP contribution in [0.3, 0.4) is 0 Å². The van der Waals surface area contributed by atoms with E-state index in [0.717, 1.165) is 18.8 Å². The quantitative estimate of drug-likeness (QED) is 0.634. The summed E-state index contributed by atoms with van der Waals surface area (Å²) in [5, 5.41) is 9.94. The Morgan fingerprint density at radius 2 is 2.00 bits per heavy atom. The van der Waals surface area contributed by atoms with Gasteiger partial charge in [0, 0.05) is 0 Å². The summed E-state index contributed by atoms with van der Waals surface area (Å²) in [5.74, 6) is 0.829. The Bertz CT molecular complexity index is 229. The molecule has 80 valence electrons. The fourth-order valence-corrected chi connectivity index (χ4v) is 3.21. The third kappa shape index (κ3) is 1.88. The maximum atomic E-state index is 9.94. The molecule has 1 N–H and O–H groups in total. The van der Waals surface area contributed by atoms with E-state index in [-0.39, 0.29) is 6.10 Å². The monoisotopic (exact) mass is 194 g/mol. The lowest BCUT2D eigenvalue weighted by atomic mass is 9.78. The van der Waals surface area contributed by atoms with Crippen molar-refractivity contribution in [1.82, 2.24) is 0 Å². The van der Waals surface area contributed by atoms with Gasteiger partial charge in [0.1, 0.15) is 0 Å². The van der Waals surface area contributed by atoms with Gasteiger partial charge in [0.2, 0.25) is 0 Å². The van der Waals surface area contributed by atoms with Crippen molar-refractivity contribution in [3.8, 4) is 0 Å². The summed E-state index contributed by atoms with van der Waals surface area (Å²) in [7, 11) is 0. The molecule has 1 heteroatoms. The average Bonchev–Trinajstić information content (AvgIpc) is 2.42. The third-order valence-corrected chi connectivity index (χ3v) is 3.98. The number of aliphatic hydroxyl groups is 1. The summed E-state index contributed by atoms with van der Waals surface area (Å²) in [6, 6.07) is 0. The van der Waals surface area contributed by atoms with E-state index in [1.165, 1.54) is 44.1 Å². The van der Waals surface area contributed by atoms with Crippen LogP contribution in [0.5, 0.6) is 0 Å². The van der Waals surface area contributed by atoms with Gasteiger partial charge in [-0.2, -0.15) is 0 Å². The Morgan fingerprint density at radius 3 is 2.79 bits per heavy atom. The van der Waals surface area contributed by atoms with Crippen LogP contribution in [0.2, 0.25) is 0 Å². The first-order chi connectivity index (χ1) is 6.83. The van der Waals surface area contributed by atoms with Gasteiger partial charge >= 0.3 is 0 Å². The fourth-order valence-electron chi connectivity index (χ4n) is 3.21. The van der Waals surface area contributed by atoms with Crippen molar-refractivity contribution in [2.24, 2.45) is 5.92 Å². The second-order valence-electron chi connectivity index (χ2n) is 4.79. The fraction of sp³-hybridized carbons (Fsp3) is 0.846. The molecule has 1 nitrogen and oxygen atoms in total. The second kappa shape index (κ2) is 4.48. The highest BCUT2D eigenvalue weighted by Gasteiger charge is 2.27. The minimum Gasteiger partial charge on any atom is -0.389 e. The predicted molar refractivity (Wildman–Crippen MR) is 59.1 cm³/mol. The van der Waals surface area contributed by atoms with E-state index in [4.69, 9.17) is 0 Å². The van der Waals surface area contributed by atoms with Crippen LogP contribution in [0.1, 0.15) is 58.3 Å². The van der Waals surface area contributed by atoms with Gasteiger partial charge in [0.15, 0.2) is 0 Å². The molecule has 1 saturated carbocycles. The van der Waals surface area contributed by atoms with Crippen molar-refractivity contribution in [2.45, 2.75) is 64.4 Å². The van der Waals surface area contributed by atoms with Crippen molar-refractivity contribution in [3.63, 3.8) is 0 Å². The van der Waals surface area contributed by atoms with E-state index in [9.17, 15) is 5.11 Å². The SMILES string of the molecule is CCC1=C2CCCCCC2CCC1O. The molecule has 0 spiro atoms. The van der Waals surface area contributed by atoms with Crippen molar-refractivity contribution in [3.05, 3.63) is 11.1 Å². The first-order valence-corrected chi connectivity index (χ1v) is 6.22. The maximum absolute atomic E-state index is 9.94. The standard InChI is InChI=1S/C13H22O/c1-2-11-12-7-5-3-4-6-10(12)8-9-13(11)14/h10,13-14H,2-9H2,1H3. The first-order valence-electron chi connectivity index (χ1n) is 6.22. The van der Waals surface area contributed by atoms with Gasteiger partial charge in [0.25, 0.3) is 0 Å². The Labute approximate surface area is 87.2 Å². The number of hydrogen-bond acceptors (Lipinski definition) is 1. The zero-order valence-electron chi connectivity index (χ0n) is 9.26. The van der Waals surface area contributed by atoms with E-state index in [2.05, 4.69) is 6.92 Å². The van der Waals surface area contributed by atoms with Gasteiger partial charge in [-0.1, -0.05) is 25.3 Å². The Kier molecular flexibility index (Phi) is 3.27. The van der Waals surface area contributed by atoms with Crippen LogP contribution >= 0.6 is 0 Å². The Balaban J connectivity index is 2.25. The lowest BCUT2D eigenvalue weighted by molar-refractivity contribution is 0.172. The lowest BCUT2D eigenvalue weighted by Crippen LogP contribution is -2.22. The minimum absolute atomic E-state index is 0.107. The molecule has 0 radical (unpaired) electrons. The Hall–Kier alpha value is -0.300. The summed E-state index contributed by atoms with van der Waals surface area (Å²) >= 11 is 0. The van der Waals surface area contributed by atoms with E-state index in [0.29, 0.717) is 0 Å². The number of aliphatic hydroxyl groups excluding tert-OH is 1. The van der Waals surface area contributed by atoms with Crippen molar-refractivity contribution in [1.29, 1.82) is 0 Å². The molecule has 2 rings (SSSR count). The molecular formula is C13H22O. The van der Waals surface area contributed by atoms with Crippen LogP contribution in [0.4, 0.5) is 0 Å². The van der Waals surface area contributed by atoms with E-state index >= 15 is 0 Å². The van der Waals surface area contributed by atoms with Gasteiger partial charge in [-0.3, -0.25) is 0 Å². The zero-order valence-corrected chi connectivity index (χ0v) is 9.26. The van der Waals surface area contributed by atoms with E-state index in [1.54, 1.807) is 5.57 Å². The molecule has 0 saturated heterocycles. The average molecular weight is 194 g/mol. The van der Waals surface area contributed by atoms with Crippen LogP contribution in [0, 0.1) is 5.92 Å². The summed E-state index contributed by atoms with van der Waals surface area (Å²) < 4.78 is 0. The van der Waals surface area contributed by atoms with Crippen molar-refractivity contribution in [2.75, 3.05) is 0 Å². The highest BCUT2D eigenvalue weighted by Crippen LogP contribution is 2.39. The van der Waals surface area contributed by atoms with Crippen LogP contribution in [0.15, 0.2) is 11.1 Å². The summed E-state index contributed by atoms with van der Waals surface area (Å²) in [5.41, 5.74) is 3.03. The first kappa shape index (κ1) is 10.2. The summed E-state index contributed by atoms with van der Waals surface area (Å²) in [6.45, 7) is 2.19. The molecular weight excluding hydrogens is 172 g/mol. The summed E-state index contributed by atoms with van der Waals surface area (Å²) in [4.78, 5) is 0. The molecule has 14 heavy (non-hydrogen) atoms. The van der Waals surface area contributed by atoms with Gasteiger partial charge in [-0.25, -0.2) is 0 Å². The molecule has 2 atom stereocenters. The van der Waals surface area contributed by atoms with E-state index < -0.39 is 0 Å². The van der Waals surface area contributed by atoms with Crippen LogP contribution in [-0.4, -0.2) is 11.2 Å². The molecule has 0 aromatic heterocycles. The molecule has 0 aliphatic heterocycles. The third-order valence-electron chi connectivity index (χ3n) is 3.98. The smallest absolute Gasteiger partial charge is 0.0752 e. The van der Waals surface area contributed by atoms with Gasteiger partial charge in [-0.05, 0) is 50.0 Å². The molecule has 2 unspecified atom stereocenters. The molecule has 0 bridgehead atoms. The van der Waals surface area contributed by atoms with Gasteiger partial charge in [0.05, 0.1) is 6.10 Å². The van der Waals surface area contributed by atoms with Crippen LogP contribution < -0.4 is 0 Å². The molecule has 0 heterocycles. The second-order valence-corrected chi connectivity index (χ2v) is 4.79. The zero-order chi connectivity index (χ0) is 9.97. The number of hydrogen-bond donors (Lipinski definition) is 1. The molecule has 0 aromatic carbocycles. The number of fused-ring (bicyclic) bond motifs is 1. The lowest BCUT2D eigenvalue weighted by Gasteiger charge is -2.30. The highest BCUT2D eigenvalue weighted by molar-refractivity contribution is 5.24. The molecule has 0 amide bonds. The minimum atomic E-state index is -0.107. The topological polar surface area (TPSA) is 20.2 Å². The normalized spacial score (nSPS) is 33.9. The molecule has 0 aromatic rings. The van der Waals surface area contributed by atoms with Crippen molar-refractivity contribution >= 4 is 0 Å². The molecule has 1 fully saturated rings. The van der Waals surface area contributed by atoms with Crippen LogP contribution in [-0.2, 0) is 0 Å². The van der Waals surface area contributed by atoms with E-state index in [1.807, 2.05) is 0 Å². The highest BCUT2D eigenvalue weighted by atomic mass is 16.3. The van der Waals surface area contributed by atoms with Crippen molar-refractivity contribution < 1.29 is 5.11 Å². The van der Waals surface area contributed by atoms with Crippen LogP contribution in [0.25, 0.3) is 0 Å². The molecule has 2 aliphatic carbocycles. The predicted octanol–water partition coefficient (Wildman–Crippen LogP) is 3.43. The number of rotatable bonds is 1. The summed E-state index contributed by atoms with van der Waals surface area (Å²) in [6.07, 6.45) is 10.0.